The lowest BCUT2D eigenvalue weighted by Crippen LogP contribution is -2.29. The minimum absolute atomic E-state index is 0.161. The van der Waals surface area contributed by atoms with E-state index in [2.05, 4.69) is 15.4 Å². The summed E-state index contributed by atoms with van der Waals surface area (Å²) >= 11 is 7.49. The van der Waals surface area contributed by atoms with Crippen molar-refractivity contribution in [3.05, 3.63) is 74.3 Å². The number of nitrogens with one attached hydrogen (secondary N) is 1. The number of carbonyl (C=O) groups is 2. The van der Waals surface area contributed by atoms with E-state index in [9.17, 15) is 14.4 Å². The first-order chi connectivity index (χ1) is 16.7. The SMILES string of the molecule is CC(C)(C)C(=O)n1nc(-c2c(-c3ccccn3)ccc(=O)n2CC=O)cc1NCc1ccc(Cl)s1. The number of hydrogen-bond acceptors (Lipinski definition) is 7. The normalized spacial score (nSPS) is 11.4. The Labute approximate surface area is 211 Å². The summed E-state index contributed by atoms with van der Waals surface area (Å²) < 4.78 is 3.33. The lowest BCUT2D eigenvalue weighted by Gasteiger charge is -2.18. The molecule has 0 fully saturated rings. The molecular formula is C25H24ClN5O3S. The summed E-state index contributed by atoms with van der Waals surface area (Å²) in [5.74, 6) is 0.237. The predicted molar refractivity (Wildman–Crippen MR) is 138 cm³/mol. The van der Waals surface area contributed by atoms with Gasteiger partial charge in [-0.2, -0.15) is 9.78 Å². The fourth-order valence-corrected chi connectivity index (χ4v) is 4.59. The maximum Gasteiger partial charge on any atom is 0.254 e. The van der Waals surface area contributed by atoms with E-state index in [1.807, 2.05) is 45.0 Å². The number of hydrogen-bond donors (Lipinski definition) is 1. The zero-order valence-electron chi connectivity index (χ0n) is 19.5. The van der Waals surface area contributed by atoms with Crippen molar-refractivity contribution in [3.8, 4) is 22.6 Å². The summed E-state index contributed by atoms with van der Waals surface area (Å²) in [5.41, 5.74) is 0.944. The summed E-state index contributed by atoms with van der Waals surface area (Å²) in [6.07, 6.45) is 2.30. The number of thiophene rings is 1. The first kappa shape index (κ1) is 24.6. The number of carbonyl (C=O) groups excluding carboxylic acids is 2. The summed E-state index contributed by atoms with van der Waals surface area (Å²) in [7, 11) is 0. The second-order valence-electron chi connectivity index (χ2n) is 8.87. The van der Waals surface area contributed by atoms with Gasteiger partial charge >= 0.3 is 0 Å². The van der Waals surface area contributed by atoms with Gasteiger partial charge in [0.05, 0.1) is 28.8 Å². The quantitative estimate of drug-likeness (QED) is 0.352. The minimum atomic E-state index is -0.713. The zero-order chi connectivity index (χ0) is 25.2. The van der Waals surface area contributed by atoms with E-state index in [1.54, 1.807) is 24.4 Å². The second-order valence-corrected chi connectivity index (χ2v) is 10.7. The molecule has 0 bridgehead atoms. The number of aldehydes is 1. The number of halogens is 1. The summed E-state index contributed by atoms with van der Waals surface area (Å²) in [5, 5.41) is 7.88. The molecule has 4 heterocycles. The van der Waals surface area contributed by atoms with Gasteiger partial charge < -0.3 is 10.1 Å². The molecule has 0 amide bonds. The van der Waals surface area contributed by atoms with E-state index in [4.69, 9.17) is 11.6 Å². The molecule has 0 aromatic carbocycles. The molecule has 180 valence electrons. The highest BCUT2D eigenvalue weighted by atomic mass is 35.5. The van der Waals surface area contributed by atoms with Crippen LogP contribution >= 0.6 is 22.9 Å². The third-order valence-corrected chi connectivity index (χ3v) is 6.47. The number of rotatable bonds is 7. The van der Waals surface area contributed by atoms with Gasteiger partial charge in [-0.3, -0.25) is 19.1 Å². The lowest BCUT2D eigenvalue weighted by molar-refractivity contribution is -0.108. The van der Waals surface area contributed by atoms with Crippen molar-refractivity contribution in [3.63, 3.8) is 0 Å². The Morgan fingerprint density at radius 2 is 1.94 bits per heavy atom. The smallest absolute Gasteiger partial charge is 0.254 e. The van der Waals surface area contributed by atoms with Gasteiger partial charge in [0.25, 0.3) is 11.5 Å². The second kappa shape index (κ2) is 9.97. The number of pyridine rings is 2. The van der Waals surface area contributed by atoms with Gasteiger partial charge in [0.2, 0.25) is 0 Å². The maximum absolute atomic E-state index is 13.3. The largest absolute Gasteiger partial charge is 0.365 e. The van der Waals surface area contributed by atoms with Crippen LogP contribution in [0.1, 0.15) is 30.4 Å². The van der Waals surface area contributed by atoms with Gasteiger partial charge in [-0.1, -0.05) is 38.4 Å². The molecule has 0 spiro atoms. The highest BCUT2D eigenvalue weighted by Gasteiger charge is 2.28. The van der Waals surface area contributed by atoms with Crippen LogP contribution in [0.25, 0.3) is 22.6 Å². The molecule has 4 rings (SSSR count). The van der Waals surface area contributed by atoms with Gasteiger partial charge in [-0.25, -0.2) is 0 Å². The molecule has 0 saturated heterocycles. The fraction of sp³-hybridized carbons (Fsp3) is 0.240. The highest BCUT2D eigenvalue weighted by Crippen LogP contribution is 2.32. The van der Waals surface area contributed by atoms with Crippen molar-refractivity contribution in [2.75, 3.05) is 5.32 Å². The Balaban J connectivity index is 1.90. The molecular weight excluding hydrogens is 486 g/mol. The molecule has 4 aromatic rings. The number of anilines is 1. The van der Waals surface area contributed by atoms with Gasteiger partial charge in [0.1, 0.15) is 17.8 Å². The van der Waals surface area contributed by atoms with Crippen LogP contribution in [0.5, 0.6) is 0 Å². The Kier molecular flexibility index (Phi) is 7.00. The molecule has 35 heavy (non-hydrogen) atoms. The van der Waals surface area contributed by atoms with Crippen LogP contribution in [-0.2, 0) is 17.9 Å². The molecule has 0 radical (unpaired) electrons. The van der Waals surface area contributed by atoms with Gasteiger partial charge in [0, 0.05) is 34.2 Å². The van der Waals surface area contributed by atoms with Crippen molar-refractivity contribution in [2.24, 2.45) is 5.41 Å². The van der Waals surface area contributed by atoms with Crippen molar-refractivity contribution in [1.82, 2.24) is 19.3 Å². The average Bonchev–Trinajstić information content (AvgIpc) is 3.44. The summed E-state index contributed by atoms with van der Waals surface area (Å²) in [4.78, 5) is 42.9. The van der Waals surface area contributed by atoms with E-state index in [0.717, 1.165) is 4.88 Å². The fourth-order valence-electron chi connectivity index (χ4n) is 3.56. The van der Waals surface area contributed by atoms with Crippen LogP contribution < -0.4 is 10.9 Å². The molecule has 0 atom stereocenters. The van der Waals surface area contributed by atoms with Crippen molar-refractivity contribution in [2.45, 2.75) is 33.9 Å². The minimum Gasteiger partial charge on any atom is -0.365 e. The van der Waals surface area contributed by atoms with Crippen LogP contribution in [0, 0.1) is 5.41 Å². The molecule has 0 aliphatic carbocycles. The molecule has 8 nitrogen and oxygen atoms in total. The van der Waals surface area contributed by atoms with E-state index >= 15 is 0 Å². The topological polar surface area (TPSA) is 98.9 Å². The molecule has 0 aliphatic rings. The van der Waals surface area contributed by atoms with E-state index in [1.165, 1.54) is 26.7 Å². The van der Waals surface area contributed by atoms with Crippen molar-refractivity contribution in [1.29, 1.82) is 0 Å². The van der Waals surface area contributed by atoms with Crippen LogP contribution in [0.4, 0.5) is 5.82 Å². The van der Waals surface area contributed by atoms with Gasteiger partial charge in [-0.05, 0) is 30.3 Å². The molecule has 4 aromatic heterocycles. The third-order valence-electron chi connectivity index (χ3n) is 5.24. The Morgan fingerprint density at radius 3 is 2.57 bits per heavy atom. The molecule has 0 unspecified atom stereocenters. The van der Waals surface area contributed by atoms with Crippen LogP contribution in [0.2, 0.25) is 4.34 Å². The van der Waals surface area contributed by atoms with Gasteiger partial charge in [-0.15, -0.1) is 11.3 Å². The molecule has 1 N–H and O–H groups in total. The Hall–Kier alpha value is -3.56. The molecule has 0 saturated carbocycles. The van der Waals surface area contributed by atoms with Crippen LogP contribution in [-0.4, -0.2) is 31.5 Å². The first-order valence-electron chi connectivity index (χ1n) is 10.9. The summed E-state index contributed by atoms with van der Waals surface area (Å²) in [6, 6.07) is 13.9. The lowest BCUT2D eigenvalue weighted by atomic mass is 9.96. The maximum atomic E-state index is 13.3. The van der Waals surface area contributed by atoms with Crippen molar-refractivity contribution >= 4 is 40.9 Å². The average molecular weight is 510 g/mol. The molecule has 10 heteroatoms. The first-order valence-corrected chi connectivity index (χ1v) is 12.1. The highest BCUT2D eigenvalue weighted by molar-refractivity contribution is 7.16. The third kappa shape index (κ3) is 5.26. The van der Waals surface area contributed by atoms with E-state index in [-0.39, 0.29) is 18.0 Å². The summed E-state index contributed by atoms with van der Waals surface area (Å²) in [6.45, 7) is 5.70. The Bertz CT molecular complexity index is 1430. The van der Waals surface area contributed by atoms with Crippen molar-refractivity contribution < 1.29 is 9.59 Å². The van der Waals surface area contributed by atoms with E-state index < -0.39 is 5.41 Å². The predicted octanol–water partition coefficient (Wildman–Crippen LogP) is 4.99. The van der Waals surface area contributed by atoms with Crippen LogP contribution in [0.3, 0.4) is 0 Å². The monoisotopic (exact) mass is 509 g/mol. The van der Waals surface area contributed by atoms with E-state index in [0.29, 0.717) is 45.6 Å². The van der Waals surface area contributed by atoms with Gasteiger partial charge in [0.15, 0.2) is 0 Å². The standard InChI is InChI=1S/C25H24ClN5O3S/c1-25(2,3)24(34)31-21(28-15-16-7-9-20(26)35-16)14-19(29-31)23-17(18-6-4-5-11-27-18)8-10-22(33)30(23)12-13-32/h4-11,13-14,28H,12,15H2,1-3H3. The zero-order valence-corrected chi connectivity index (χ0v) is 21.1. The van der Waals surface area contributed by atoms with Crippen LogP contribution in [0.15, 0.2) is 59.5 Å². The number of aromatic nitrogens is 4. The molecule has 0 aliphatic heterocycles. The number of nitrogens with zero attached hydrogens (tertiary/aromatic N) is 4. The Morgan fingerprint density at radius 1 is 1.14 bits per heavy atom.